The quantitative estimate of drug-likeness (QED) is 0.176. The number of halogens is 1. The van der Waals surface area contributed by atoms with Gasteiger partial charge in [0, 0.05) is 43.3 Å². The van der Waals surface area contributed by atoms with Crippen molar-refractivity contribution in [2.24, 2.45) is 0 Å². The number of fused-ring (bicyclic) bond motifs is 1. The number of sulfonamides is 1. The molecular weight excluding hydrogens is 610 g/mol. The van der Waals surface area contributed by atoms with Crippen LogP contribution in [0.4, 0.5) is 5.69 Å². The molecule has 0 spiro atoms. The first-order valence-corrected chi connectivity index (χ1v) is 16.0. The average molecular weight is 648 g/mol. The Morgan fingerprint density at radius 2 is 1.41 bits per heavy atom. The van der Waals surface area contributed by atoms with Crippen molar-refractivity contribution in [3.8, 4) is 11.1 Å². The highest BCUT2D eigenvalue weighted by Gasteiger charge is 2.29. The van der Waals surface area contributed by atoms with Crippen molar-refractivity contribution in [3.05, 3.63) is 83.4 Å². The summed E-state index contributed by atoms with van der Waals surface area (Å²) in [5, 5.41) is 35.6. The zero-order chi connectivity index (χ0) is 32.1. The van der Waals surface area contributed by atoms with Crippen LogP contribution in [0.1, 0.15) is 18.4 Å². The lowest BCUT2D eigenvalue weighted by Gasteiger charge is -2.19. The molecule has 44 heavy (non-hydrogen) atoms. The number of carbonyl (C=O) groups excluding carboxylic acids is 1. The van der Waals surface area contributed by atoms with Gasteiger partial charge in [0.25, 0.3) is 0 Å². The molecule has 0 radical (unpaired) electrons. The minimum absolute atomic E-state index is 0.0590. The molecule has 5 N–H and O–H groups in total. The summed E-state index contributed by atoms with van der Waals surface area (Å²) < 4.78 is 27.9. The molecule has 1 heterocycles. The third kappa shape index (κ3) is 10.1. The average Bonchev–Trinajstić information content (AvgIpc) is 3.45. The van der Waals surface area contributed by atoms with Crippen molar-refractivity contribution in [1.82, 2.24) is 9.62 Å². The van der Waals surface area contributed by atoms with E-state index in [0.29, 0.717) is 31.2 Å². The molecule has 1 aliphatic rings. The van der Waals surface area contributed by atoms with Gasteiger partial charge in [0.15, 0.2) is 0 Å². The minimum atomic E-state index is -4.10. The molecule has 3 aromatic rings. The maximum atomic E-state index is 12.8. The first-order chi connectivity index (χ1) is 21.1. The second kappa shape index (κ2) is 17.2. The number of anilines is 1. The number of hydrogen-bond donors (Lipinski definition) is 5. The van der Waals surface area contributed by atoms with E-state index in [1.807, 2.05) is 36.4 Å². The van der Waals surface area contributed by atoms with Crippen molar-refractivity contribution < 1.29 is 38.4 Å². The minimum Gasteiger partial charge on any atom is -0.480 e. The van der Waals surface area contributed by atoms with E-state index >= 15 is 0 Å². The lowest BCUT2D eigenvalue weighted by molar-refractivity contribution is -0.139. The van der Waals surface area contributed by atoms with Gasteiger partial charge in [-0.1, -0.05) is 54.1 Å². The van der Waals surface area contributed by atoms with Crippen LogP contribution in [0, 0.1) is 0 Å². The van der Waals surface area contributed by atoms with Gasteiger partial charge in [-0.2, -0.15) is 4.72 Å². The number of amides is 1. The number of benzene rings is 3. The molecular formula is C31H38ClN3O8S. The lowest BCUT2D eigenvalue weighted by atomic mass is 10.1. The normalized spacial score (nSPS) is 13.2. The number of para-hydroxylation sites is 1. The van der Waals surface area contributed by atoms with Gasteiger partial charge in [-0.3, -0.25) is 14.5 Å². The Morgan fingerprint density at radius 1 is 0.864 bits per heavy atom. The molecule has 1 unspecified atom stereocenters. The van der Waals surface area contributed by atoms with E-state index in [1.165, 1.54) is 12.1 Å². The molecule has 0 aromatic heterocycles. The van der Waals surface area contributed by atoms with Gasteiger partial charge in [0.2, 0.25) is 15.9 Å². The largest absolute Gasteiger partial charge is 0.480 e. The molecule has 238 valence electrons. The summed E-state index contributed by atoms with van der Waals surface area (Å²) in [5.74, 6) is -1.57. The zero-order valence-corrected chi connectivity index (χ0v) is 25.8. The van der Waals surface area contributed by atoms with Crippen molar-refractivity contribution in [2.45, 2.75) is 30.2 Å². The van der Waals surface area contributed by atoms with Crippen LogP contribution in [0.15, 0.2) is 77.7 Å². The van der Waals surface area contributed by atoms with Crippen LogP contribution in [0.3, 0.4) is 0 Å². The predicted octanol–water partition coefficient (Wildman–Crippen LogP) is 2.37. The third-order valence-corrected chi connectivity index (χ3v) is 8.76. The van der Waals surface area contributed by atoms with Gasteiger partial charge < -0.3 is 25.3 Å². The standard InChI is InChI=1S/C25H23ClN2O5S.C6H15NO3/c26-20-9-5-17(6-10-20)18-7-11-21(12-8-18)34(32,33)27-22(25(30)31)13-14-24(29)28-16-15-19-3-1-2-4-23(19)28;8-4-1-7(2-5-9)3-6-10/h1-12,22,27H,13-16H2,(H,30,31);8-10H,1-6H2. The van der Waals surface area contributed by atoms with Crippen LogP contribution >= 0.6 is 11.6 Å². The number of aliphatic hydroxyl groups is 3. The van der Waals surface area contributed by atoms with Crippen molar-refractivity contribution >= 4 is 39.2 Å². The molecule has 0 saturated heterocycles. The fourth-order valence-corrected chi connectivity index (χ4v) is 6.07. The van der Waals surface area contributed by atoms with E-state index in [2.05, 4.69) is 4.72 Å². The molecule has 11 nitrogen and oxygen atoms in total. The summed E-state index contributed by atoms with van der Waals surface area (Å²) in [6, 6.07) is 19.4. The van der Waals surface area contributed by atoms with E-state index in [0.717, 1.165) is 28.8 Å². The fourth-order valence-electron chi connectivity index (χ4n) is 4.72. The van der Waals surface area contributed by atoms with Gasteiger partial charge in [0.1, 0.15) is 6.04 Å². The van der Waals surface area contributed by atoms with Crippen molar-refractivity contribution in [1.29, 1.82) is 0 Å². The van der Waals surface area contributed by atoms with Gasteiger partial charge in [-0.15, -0.1) is 0 Å². The van der Waals surface area contributed by atoms with Crippen LogP contribution in [0.2, 0.25) is 5.02 Å². The van der Waals surface area contributed by atoms with Gasteiger partial charge in [-0.05, 0) is 59.9 Å². The fraction of sp³-hybridized carbons (Fsp3) is 0.355. The summed E-state index contributed by atoms with van der Waals surface area (Å²) in [6.45, 7) is 2.28. The highest BCUT2D eigenvalue weighted by molar-refractivity contribution is 7.89. The SMILES string of the molecule is O=C(O)C(CCC(=O)N1CCc2ccccc21)NS(=O)(=O)c1ccc(-c2ccc(Cl)cc2)cc1.OCCN(CCO)CCO. The topological polar surface area (TPSA) is 168 Å². The Hall–Kier alpha value is -3.36. The number of carboxylic acids is 1. The number of nitrogens with zero attached hydrogens (tertiary/aromatic N) is 2. The van der Waals surface area contributed by atoms with Crippen molar-refractivity contribution in [2.75, 3.05) is 50.9 Å². The number of carbonyl (C=O) groups is 2. The molecule has 1 amide bonds. The molecule has 13 heteroatoms. The second-order valence-corrected chi connectivity index (χ2v) is 12.2. The monoisotopic (exact) mass is 647 g/mol. The summed E-state index contributed by atoms with van der Waals surface area (Å²) in [4.78, 5) is 27.8. The molecule has 4 rings (SSSR count). The molecule has 1 aliphatic heterocycles. The molecule has 3 aromatic carbocycles. The van der Waals surface area contributed by atoms with Crippen LogP contribution < -0.4 is 9.62 Å². The van der Waals surface area contributed by atoms with Crippen LogP contribution in [0.25, 0.3) is 11.1 Å². The number of hydrogen-bond acceptors (Lipinski definition) is 8. The summed E-state index contributed by atoms with van der Waals surface area (Å²) in [7, 11) is -4.10. The van der Waals surface area contributed by atoms with E-state index in [9.17, 15) is 23.1 Å². The summed E-state index contributed by atoms with van der Waals surface area (Å²) in [6.07, 6.45) is 0.487. The third-order valence-electron chi connectivity index (χ3n) is 7.02. The maximum absolute atomic E-state index is 12.8. The highest BCUT2D eigenvalue weighted by Crippen LogP contribution is 2.28. The van der Waals surface area contributed by atoms with E-state index in [-0.39, 0.29) is 43.5 Å². The number of carboxylic acid groups (broad SMARTS) is 1. The molecule has 0 fully saturated rings. The van der Waals surface area contributed by atoms with Gasteiger partial charge in [-0.25, -0.2) is 8.42 Å². The Balaban J connectivity index is 0.000000456. The Morgan fingerprint density at radius 3 is 1.95 bits per heavy atom. The number of aliphatic hydroxyl groups excluding tert-OH is 3. The Bertz CT molecular complexity index is 1460. The summed E-state index contributed by atoms with van der Waals surface area (Å²) >= 11 is 5.90. The first kappa shape index (κ1) is 35.1. The van der Waals surface area contributed by atoms with Gasteiger partial charge >= 0.3 is 5.97 Å². The number of rotatable bonds is 14. The zero-order valence-electron chi connectivity index (χ0n) is 24.2. The highest BCUT2D eigenvalue weighted by atomic mass is 35.5. The predicted molar refractivity (Wildman–Crippen MR) is 168 cm³/mol. The first-order valence-electron chi connectivity index (χ1n) is 14.1. The summed E-state index contributed by atoms with van der Waals surface area (Å²) in [5.41, 5.74) is 3.54. The number of aliphatic carboxylic acids is 1. The molecule has 0 aliphatic carbocycles. The molecule has 0 saturated carbocycles. The van der Waals surface area contributed by atoms with E-state index < -0.39 is 22.0 Å². The van der Waals surface area contributed by atoms with Crippen molar-refractivity contribution in [3.63, 3.8) is 0 Å². The molecule has 1 atom stereocenters. The Labute approximate surface area is 262 Å². The van der Waals surface area contributed by atoms with E-state index in [1.54, 1.807) is 34.1 Å². The van der Waals surface area contributed by atoms with Gasteiger partial charge in [0.05, 0.1) is 24.7 Å². The molecule has 0 bridgehead atoms. The second-order valence-electron chi connectivity index (χ2n) is 10.0. The van der Waals surface area contributed by atoms with Crippen LogP contribution in [-0.4, -0.2) is 97.7 Å². The Kier molecular flexibility index (Phi) is 13.7. The lowest BCUT2D eigenvalue weighted by Crippen LogP contribution is -2.41. The number of nitrogens with one attached hydrogen (secondary N) is 1. The maximum Gasteiger partial charge on any atom is 0.321 e. The van der Waals surface area contributed by atoms with Crippen LogP contribution in [-0.2, 0) is 26.0 Å². The smallest absolute Gasteiger partial charge is 0.321 e. The van der Waals surface area contributed by atoms with Crippen LogP contribution in [0.5, 0.6) is 0 Å². The van der Waals surface area contributed by atoms with E-state index in [4.69, 9.17) is 26.9 Å².